The van der Waals surface area contributed by atoms with E-state index in [1.165, 1.54) is 32.9 Å². The van der Waals surface area contributed by atoms with E-state index < -0.39 is 119 Å². The number of nitrogens with one attached hydrogen (secondary N) is 1. The molecular weight excluding hydrogens is 855 g/mol. The Morgan fingerprint density at radius 1 is 0.833 bits per heavy atom. The van der Waals surface area contributed by atoms with Crippen LogP contribution in [0.5, 0.6) is 0 Å². The number of carbonyl (C=O) groups is 7. The molecule has 0 aromatic heterocycles. The maximum atomic E-state index is 15.6. The molecule has 0 spiro atoms. The number of hydrogen-bond donors (Lipinski definition) is 3. The standard InChI is InChI=1S/C50H55NO15/c1-8-36(55)64-40(38(30-18-12-9-13-19-30)51-44(57)31-20-14-10-15-21-31)46(59)63-33-25-50(60)43(65-45(58)32-22-16-11-17-23-32)41-48(7,34(54)24-35-49(41,26-61-35)66-29(4)53)42(56)39(62-28(3)52)37(27(33)2)47(50,5)6/h9-23,33-35,38-41,43,54,60H,8,24-26H2,1-7H3,(H,51,57)/t33?,34-,35+,38?,39+,40?,41?,43?,48+,49-,50+/m0/s1. The van der Waals surface area contributed by atoms with E-state index in [0.717, 1.165) is 13.8 Å². The van der Waals surface area contributed by atoms with Crippen molar-refractivity contribution in [3.8, 4) is 0 Å². The topological polar surface area (TPSA) is 227 Å². The number of ether oxygens (including phenoxy) is 6. The van der Waals surface area contributed by atoms with Gasteiger partial charge in [0.1, 0.15) is 30.0 Å². The highest BCUT2D eigenvalue weighted by molar-refractivity contribution is 5.96. The number of amides is 1. The molecule has 66 heavy (non-hydrogen) atoms. The molecule has 1 heterocycles. The van der Waals surface area contributed by atoms with Crippen molar-refractivity contribution >= 4 is 41.5 Å². The van der Waals surface area contributed by atoms with Gasteiger partial charge in [0.05, 0.1) is 29.6 Å². The summed E-state index contributed by atoms with van der Waals surface area (Å²) < 4.78 is 36.4. The molecule has 3 N–H and O–H groups in total. The lowest BCUT2D eigenvalue weighted by Gasteiger charge is -2.67. The molecule has 1 saturated heterocycles. The van der Waals surface area contributed by atoms with Crippen molar-refractivity contribution in [2.45, 2.75) is 122 Å². The minimum atomic E-state index is -2.43. The summed E-state index contributed by atoms with van der Waals surface area (Å²) in [6.07, 6.45) is -10.7. The number of hydrogen-bond acceptors (Lipinski definition) is 15. The van der Waals surface area contributed by atoms with Gasteiger partial charge in [-0.3, -0.25) is 24.0 Å². The summed E-state index contributed by atoms with van der Waals surface area (Å²) >= 11 is 0. The molecule has 3 fully saturated rings. The molecule has 16 nitrogen and oxygen atoms in total. The third-order valence-corrected chi connectivity index (χ3v) is 14.0. The first-order valence-corrected chi connectivity index (χ1v) is 21.9. The monoisotopic (exact) mass is 909 g/mol. The summed E-state index contributed by atoms with van der Waals surface area (Å²) in [6.45, 7) is 9.46. The molecule has 16 heteroatoms. The third-order valence-electron chi connectivity index (χ3n) is 14.0. The van der Waals surface area contributed by atoms with E-state index in [2.05, 4.69) is 5.32 Å². The quantitative estimate of drug-likeness (QED) is 0.127. The van der Waals surface area contributed by atoms with Crippen molar-refractivity contribution in [3.05, 3.63) is 119 Å². The number of carbonyl (C=O) groups excluding carboxylic acids is 7. The highest BCUT2D eigenvalue weighted by atomic mass is 16.6. The molecule has 11 atom stereocenters. The van der Waals surface area contributed by atoms with Crippen LogP contribution in [-0.2, 0) is 52.4 Å². The summed E-state index contributed by atoms with van der Waals surface area (Å²) in [7, 11) is 0. The zero-order valence-corrected chi connectivity index (χ0v) is 37.8. The van der Waals surface area contributed by atoms with Gasteiger partial charge in [-0.2, -0.15) is 0 Å². The van der Waals surface area contributed by atoms with Crippen LogP contribution in [0.1, 0.15) is 100 Å². The van der Waals surface area contributed by atoms with E-state index in [4.69, 9.17) is 28.4 Å². The van der Waals surface area contributed by atoms with E-state index in [9.17, 15) is 39.0 Å². The average molecular weight is 910 g/mol. The van der Waals surface area contributed by atoms with E-state index in [-0.39, 0.29) is 41.7 Å². The van der Waals surface area contributed by atoms with Gasteiger partial charge in [0.2, 0.25) is 6.10 Å². The molecule has 350 valence electrons. The van der Waals surface area contributed by atoms with Gasteiger partial charge in [0.25, 0.3) is 5.91 Å². The predicted molar refractivity (Wildman–Crippen MR) is 232 cm³/mol. The van der Waals surface area contributed by atoms with Crippen molar-refractivity contribution in [3.63, 3.8) is 0 Å². The lowest BCUT2D eigenvalue weighted by atomic mass is 9.44. The highest BCUT2D eigenvalue weighted by Gasteiger charge is 2.78. The van der Waals surface area contributed by atoms with Gasteiger partial charge in [0.15, 0.2) is 17.5 Å². The summed E-state index contributed by atoms with van der Waals surface area (Å²) in [5.74, 6) is -7.68. The number of rotatable bonds is 12. The van der Waals surface area contributed by atoms with Crippen molar-refractivity contribution in [1.29, 1.82) is 0 Å². The van der Waals surface area contributed by atoms with Crippen molar-refractivity contribution < 1.29 is 72.2 Å². The molecule has 0 radical (unpaired) electrons. The van der Waals surface area contributed by atoms with Gasteiger partial charge in [-0.15, -0.1) is 0 Å². The number of ketones is 1. The summed E-state index contributed by atoms with van der Waals surface area (Å²) in [6, 6.07) is 23.0. The number of fused-ring (bicyclic) bond motifs is 5. The third kappa shape index (κ3) is 8.19. The summed E-state index contributed by atoms with van der Waals surface area (Å²) in [5, 5.41) is 28.8. The lowest BCUT2D eigenvalue weighted by molar-refractivity contribution is -0.346. The van der Waals surface area contributed by atoms with Crippen molar-refractivity contribution in [1.82, 2.24) is 5.32 Å². The van der Waals surface area contributed by atoms with Gasteiger partial charge in [-0.05, 0) is 54.8 Å². The molecule has 3 aromatic carbocycles. The summed E-state index contributed by atoms with van der Waals surface area (Å²) in [4.78, 5) is 98.0. The fourth-order valence-electron chi connectivity index (χ4n) is 10.5. The van der Waals surface area contributed by atoms with Crippen LogP contribution in [-0.4, -0.2) is 106 Å². The van der Waals surface area contributed by atoms with Crippen LogP contribution in [0.4, 0.5) is 0 Å². The fraction of sp³-hybridized carbons (Fsp3) is 0.460. The van der Waals surface area contributed by atoms with Gasteiger partial charge < -0.3 is 44.0 Å². The van der Waals surface area contributed by atoms with Gasteiger partial charge >= 0.3 is 29.8 Å². The van der Waals surface area contributed by atoms with E-state index in [0.29, 0.717) is 5.56 Å². The second kappa shape index (κ2) is 18.2. The van der Waals surface area contributed by atoms with Crippen LogP contribution in [0.15, 0.2) is 102 Å². The van der Waals surface area contributed by atoms with Crippen LogP contribution in [0.2, 0.25) is 0 Å². The van der Waals surface area contributed by atoms with Crippen LogP contribution >= 0.6 is 0 Å². The summed E-state index contributed by atoms with van der Waals surface area (Å²) in [5.41, 5.74) is -7.19. The number of benzene rings is 3. The second-order valence-corrected chi connectivity index (χ2v) is 18.2. The minimum Gasteiger partial charge on any atom is -0.455 e. The first-order valence-electron chi connectivity index (χ1n) is 21.9. The maximum Gasteiger partial charge on any atom is 0.350 e. The lowest BCUT2D eigenvalue weighted by Crippen LogP contribution is -2.82. The van der Waals surface area contributed by atoms with Crippen LogP contribution in [0.25, 0.3) is 0 Å². The predicted octanol–water partition coefficient (Wildman–Crippen LogP) is 4.70. The SMILES string of the molecule is CCC(=O)OC(C(=O)OC1C[C@@]2(O)C(OC(=O)c3ccccc3)C3[C@](C)(C(=O)[C@H](OC(C)=O)C(=C1C)C2(C)C)[C@@H](O)C[C@H]1OC[C@@]31OC(C)=O)C(NC(=O)c1ccccc1)c1ccccc1. The Hall–Kier alpha value is -6.23. The maximum absolute atomic E-state index is 15.6. The molecule has 1 aliphatic heterocycles. The Balaban J connectivity index is 1.42. The first-order chi connectivity index (χ1) is 31.2. The molecule has 5 unspecified atom stereocenters. The van der Waals surface area contributed by atoms with Crippen molar-refractivity contribution in [2.75, 3.05) is 6.61 Å². The second-order valence-electron chi connectivity index (χ2n) is 18.2. The molecule has 7 rings (SSSR count). The molecule has 3 aliphatic carbocycles. The number of aliphatic hydroxyl groups excluding tert-OH is 1. The normalized spacial score (nSPS) is 30.5. The van der Waals surface area contributed by atoms with Crippen LogP contribution in [0.3, 0.4) is 0 Å². The van der Waals surface area contributed by atoms with E-state index in [1.54, 1.807) is 92.7 Å². The largest absolute Gasteiger partial charge is 0.455 e. The number of Topliss-reactive ketones (excluding diaryl/α,β-unsaturated/α-hetero) is 1. The Morgan fingerprint density at radius 3 is 1.97 bits per heavy atom. The zero-order chi connectivity index (χ0) is 47.9. The van der Waals surface area contributed by atoms with Crippen LogP contribution in [0, 0.1) is 16.7 Å². The Morgan fingerprint density at radius 2 is 1.42 bits per heavy atom. The number of esters is 5. The zero-order valence-electron chi connectivity index (χ0n) is 37.8. The number of aliphatic hydroxyl groups is 2. The Bertz CT molecular complexity index is 2420. The average Bonchev–Trinajstić information content (AvgIpc) is 3.28. The van der Waals surface area contributed by atoms with E-state index >= 15 is 4.79 Å². The van der Waals surface area contributed by atoms with Gasteiger partial charge in [-0.1, -0.05) is 87.5 Å². The Labute approximate surface area is 381 Å². The molecule has 2 bridgehead atoms. The van der Waals surface area contributed by atoms with Gasteiger partial charge in [0, 0.05) is 44.1 Å². The Kier molecular flexibility index (Phi) is 13.2. The molecule has 4 aliphatic rings. The smallest absolute Gasteiger partial charge is 0.350 e. The molecular formula is C50H55NO15. The first kappa shape index (κ1) is 47.7. The molecule has 1 amide bonds. The minimum absolute atomic E-state index is 0.0190. The highest BCUT2D eigenvalue weighted by Crippen LogP contribution is 2.64. The molecule has 3 aromatic rings. The van der Waals surface area contributed by atoms with Gasteiger partial charge in [-0.25, -0.2) is 9.59 Å². The van der Waals surface area contributed by atoms with Crippen molar-refractivity contribution in [2.24, 2.45) is 16.7 Å². The van der Waals surface area contributed by atoms with E-state index in [1.807, 2.05) is 0 Å². The molecule has 2 saturated carbocycles. The fourth-order valence-corrected chi connectivity index (χ4v) is 10.5. The van der Waals surface area contributed by atoms with Crippen LogP contribution < -0.4 is 5.32 Å².